The second-order valence-corrected chi connectivity index (χ2v) is 4.53. The summed E-state index contributed by atoms with van der Waals surface area (Å²) in [5.41, 5.74) is 1.37. The molecule has 1 aromatic rings. The maximum Gasteiger partial charge on any atom is 0.0825 e. The molecular weight excluding hydrogens is 193 g/mol. The molecule has 0 saturated carbocycles. The topological polar surface area (TPSA) is 32.3 Å². The lowest BCUT2D eigenvalue weighted by Gasteiger charge is -2.13. The van der Waals surface area contributed by atoms with E-state index in [2.05, 4.69) is 38.8 Å². The van der Waals surface area contributed by atoms with Crippen molar-refractivity contribution in [1.29, 1.82) is 0 Å². The molecule has 0 spiro atoms. The molecule has 14 heavy (non-hydrogen) atoms. The Morgan fingerprint density at radius 3 is 2.64 bits per heavy atom. The third-order valence-corrected chi connectivity index (χ3v) is 3.31. The lowest BCUT2D eigenvalue weighted by molar-refractivity contribution is 0.219. The van der Waals surface area contributed by atoms with Crippen molar-refractivity contribution in [3.05, 3.63) is 35.9 Å². The van der Waals surface area contributed by atoms with Crippen molar-refractivity contribution in [2.75, 3.05) is 6.54 Å². The molecule has 0 aromatic heterocycles. The SMILES string of the molecule is OC(P)C1CC(c2ccccc2)CN1. The Morgan fingerprint density at radius 1 is 1.36 bits per heavy atom. The van der Waals surface area contributed by atoms with E-state index < -0.39 is 0 Å². The van der Waals surface area contributed by atoms with Gasteiger partial charge in [-0.1, -0.05) is 30.3 Å². The summed E-state index contributed by atoms with van der Waals surface area (Å²) in [5, 5.41) is 12.8. The number of benzene rings is 1. The van der Waals surface area contributed by atoms with Crippen LogP contribution in [0.5, 0.6) is 0 Å². The lowest BCUT2D eigenvalue weighted by Crippen LogP contribution is -2.30. The highest BCUT2D eigenvalue weighted by atomic mass is 31.0. The van der Waals surface area contributed by atoms with Gasteiger partial charge in [0.15, 0.2) is 0 Å². The van der Waals surface area contributed by atoms with Crippen LogP contribution in [0.1, 0.15) is 17.9 Å². The molecule has 1 aliphatic rings. The zero-order valence-electron chi connectivity index (χ0n) is 8.06. The van der Waals surface area contributed by atoms with Crippen LogP contribution >= 0.6 is 9.24 Å². The lowest BCUT2D eigenvalue weighted by atomic mass is 9.96. The summed E-state index contributed by atoms with van der Waals surface area (Å²) in [6, 6.07) is 10.7. The molecule has 1 heterocycles. The Morgan fingerprint density at radius 2 is 2.07 bits per heavy atom. The van der Waals surface area contributed by atoms with Gasteiger partial charge in [-0.25, -0.2) is 0 Å². The molecule has 1 aromatic carbocycles. The Kier molecular flexibility index (Phi) is 3.17. The van der Waals surface area contributed by atoms with E-state index in [0.717, 1.165) is 13.0 Å². The van der Waals surface area contributed by atoms with E-state index in [1.807, 2.05) is 6.07 Å². The summed E-state index contributed by atoms with van der Waals surface area (Å²) in [6.07, 6.45) is 1.02. The minimum absolute atomic E-state index is 0.227. The Hall–Kier alpha value is -0.430. The molecule has 76 valence electrons. The monoisotopic (exact) mass is 209 g/mol. The van der Waals surface area contributed by atoms with Crippen LogP contribution in [0.4, 0.5) is 0 Å². The number of hydrogen-bond acceptors (Lipinski definition) is 2. The molecular formula is C11H16NOP. The first kappa shape index (κ1) is 10.1. The first-order valence-corrected chi connectivity index (χ1v) is 5.66. The normalized spacial score (nSPS) is 29.0. The van der Waals surface area contributed by atoms with Crippen molar-refractivity contribution in [2.45, 2.75) is 24.2 Å². The van der Waals surface area contributed by atoms with Gasteiger partial charge in [-0.2, -0.15) is 0 Å². The van der Waals surface area contributed by atoms with Crippen molar-refractivity contribution in [1.82, 2.24) is 5.32 Å². The van der Waals surface area contributed by atoms with Crippen molar-refractivity contribution >= 4 is 9.24 Å². The highest BCUT2D eigenvalue weighted by Gasteiger charge is 2.27. The number of aliphatic hydroxyl groups is 1. The van der Waals surface area contributed by atoms with Crippen molar-refractivity contribution < 1.29 is 5.11 Å². The van der Waals surface area contributed by atoms with E-state index in [1.54, 1.807) is 0 Å². The van der Waals surface area contributed by atoms with Crippen LogP contribution in [0.25, 0.3) is 0 Å². The van der Waals surface area contributed by atoms with Crippen molar-refractivity contribution in [2.24, 2.45) is 0 Å². The minimum atomic E-state index is -0.330. The molecule has 1 aliphatic heterocycles. The first-order valence-electron chi connectivity index (χ1n) is 4.99. The molecule has 0 radical (unpaired) electrons. The highest BCUT2D eigenvalue weighted by molar-refractivity contribution is 7.17. The molecule has 0 amide bonds. The first-order chi connectivity index (χ1) is 6.77. The van der Waals surface area contributed by atoms with Crippen LogP contribution in [-0.2, 0) is 0 Å². The fraction of sp³-hybridized carbons (Fsp3) is 0.455. The van der Waals surface area contributed by atoms with Gasteiger partial charge in [-0.15, -0.1) is 9.24 Å². The minimum Gasteiger partial charge on any atom is -0.388 e. The number of rotatable bonds is 2. The average Bonchev–Trinajstić information content (AvgIpc) is 2.68. The van der Waals surface area contributed by atoms with Crippen LogP contribution in [0.2, 0.25) is 0 Å². The molecule has 0 aliphatic carbocycles. The Balaban J connectivity index is 2.03. The molecule has 1 saturated heterocycles. The van der Waals surface area contributed by atoms with Gasteiger partial charge in [0.05, 0.1) is 5.85 Å². The molecule has 4 unspecified atom stereocenters. The molecule has 1 fully saturated rings. The Bertz CT molecular complexity index is 289. The third kappa shape index (κ3) is 2.14. The van der Waals surface area contributed by atoms with E-state index >= 15 is 0 Å². The van der Waals surface area contributed by atoms with Crippen LogP contribution in [0.15, 0.2) is 30.3 Å². The second-order valence-electron chi connectivity index (χ2n) is 3.85. The molecule has 3 heteroatoms. The Labute approximate surface area is 86.9 Å². The van der Waals surface area contributed by atoms with E-state index in [0.29, 0.717) is 5.92 Å². The maximum atomic E-state index is 9.42. The summed E-state index contributed by atoms with van der Waals surface area (Å²) < 4.78 is 0. The second kappa shape index (κ2) is 4.39. The highest BCUT2D eigenvalue weighted by Crippen LogP contribution is 2.27. The average molecular weight is 209 g/mol. The molecule has 2 rings (SSSR count). The summed E-state index contributed by atoms with van der Waals surface area (Å²) in [6.45, 7) is 0.972. The van der Waals surface area contributed by atoms with Gasteiger partial charge < -0.3 is 10.4 Å². The van der Waals surface area contributed by atoms with Crippen molar-refractivity contribution in [3.8, 4) is 0 Å². The summed E-state index contributed by atoms with van der Waals surface area (Å²) in [7, 11) is 2.45. The summed E-state index contributed by atoms with van der Waals surface area (Å²) in [4.78, 5) is 0. The van der Waals surface area contributed by atoms with E-state index in [4.69, 9.17) is 0 Å². The molecule has 4 atom stereocenters. The van der Waals surface area contributed by atoms with Gasteiger partial charge in [0, 0.05) is 12.6 Å². The van der Waals surface area contributed by atoms with Gasteiger partial charge in [-0.3, -0.25) is 0 Å². The van der Waals surface area contributed by atoms with Crippen LogP contribution in [0, 0.1) is 0 Å². The predicted octanol–water partition coefficient (Wildman–Crippen LogP) is 1.33. The van der Waals surface area contributed by atoms with E-state index in [1.165, 1.54) is 5.56 Å². The fourth-order valence-electron chi connectivity index (χ4n) is 2.01. The van der Waals surface area contributed by atoms with Crippen LogP contribution in [0.3, 0.4) is 0 Å². The van der Waals surface area contributed by atoms with Gasteiger partial charge in [0.25, 0.3) is 0 Å². The maximum absolute atomic E-state index is 9.42. The van der Waals surface area contributed by atoms with Gasteiger partial charge in [-0.05, 0) is 17.9 Å². The quantitative estimate of drug-likeness (QED) is 0.720. The molecule has 2 N–H and O–H groups in total. The molecule has 2 nitrogen and oxygen atoms in total. The standard InChI is InChI=1S/C11H16NOP/c13-11(14)10-6-9(7-12-10)8-4-2-1-3-5-8/h1-5,9-13H,6-7,14H2. The van der Waals surface area contributed by atoms with Gasteiger partial charge in [0.1, 0.15) is 0 Å². The van der Waals surface area contributed by atoms with E-state index in [9.17, 15) is 5.11 Å². The third-order valence-electron chi connectivity index (χ3n) is 2.85. The van der Waals surface area contributed by atoms with E-state index in [-0.39, 0.29) is 11.9 Å². The zero-order chi connectivity index (χ0) is 9.97. The van der Waals surface area contributed by atoms with Crippen molar-refractivity contribution in [3.63, 3.8) is 0 Å². The van der Waals surface area contributed by atoms with Gasteiger partial charge >= 0.3 is 0 Å². The smallest absolute Gasteiger partial charge is 0.0825 e. The van der Waals surface area contributed by atoms with Crippen LogP contribution < -0.4 is 5.32 Å². The molecule has 0 bridgehead atoms. The zero-order valence-corrected chi connectivity index (χ0v) is 9.21. The van der Waals surface area contributed by atoms with Crippen LogP contribution in [-0.4, -0.2) is 23.5 Å². The number of aliphatic hydroxyl groups excluding tert-OH is 1. The summed E-state index contributed by atoms with van der Waals surface area (Å²) >= 11 is 0. The predicted molar refractivity (Wildman–Crippen MR) is 61.3 cm³/mol. The number of nitrogens with one attached hydrogen (secondary N) is 1. The fourth-order valence-corrected chi connectivity index (χ4v) is 2.30. The number of hydrogen-bond donors (Lipinski definition) is 2. The largest absolute Gasteiger partial charge is 0.388 e. The van der Waals surface area contributed by atoms with Gasteiger partial charge in [0.2, 0.25) is 0 Å². The summed E-state index contributed by atoms with van der Waals surface area (Å²) in [5.74, 6) is 0.222.